The topological polar surface area (TPSA) is 99.6 Å². The summed E-state index contributed by atoms with van der Waals surface area (Å²) in [4.78, 5) is 33.7. The molecular weight excluding hydrogens is 394 g/mol. The fraction of sp³-hybridized carbons (Fsp3) is 0.318. The molecule has 0 saturated carbocycles. The average Bonchev–Trinajstić information content (AvgIpc) is 3.25. The molecule has 4 heterocycles. The molecule has 9 nitrogen and oxygen atoms in total. The minimum Gasteiger partial charge on any atom is -0.350 e. The molecule has 158 valence electrons. The predicted octanol–water partition coefficient (Wildman–Crippen LogP) is 1.82. The summed E-state index contributed by atoms with van der Waals surface area (Å²) >= 11 is 0. The number of pyridine rings is 1. The Morgan fingerprint density at radius 2 is 1.97 bits per heavy atom. The lowest BCUT2D eigenvalue weighted by atomic mass is 10.2. The van der Waals surface area contributed by atoms with Crippen LogP contribution in [-0.4, -0.2) is 34.8 Å². The minimum atomic E-state index is -0.250. The van der Waals surface area contributed by atoms with Gasteiger partial charge in [-0.2, -0.15) is 5.10 Å². The van der Waals surface area contributed by atoms with Crippen molar-refractivity contribution in [3.63, 3.8) is 0 Å². The van der Waals surface area contributed by atoms with Crippen molar-refractivity contribution in [1.82, 2.24) is 34.2 Å². The Bertz CT molecular complexity index is 1280. The summed E-state index contributed by atoms with van der Waals surface area (Å²) in [5, 5.41) is 7.20. The third-order valence-electron chi connectivity index (χ3n) is 5.57. The Kier molecular flexibility index (Phi) is 5.07. The first-order chi connectivity index (χ1) is 15.2. The van der Waals surface area contributed by atoms with Crippen LogP contribution in [0.5, 0.6) is 0 Å². The van der Waals surface area contributed by atoms with E-state index in [9.17, 15) is 9.59 Å². The maximum atomic E-state index is 12.5. The molecule has 1 aliphatic heterocycles. The minimum absolute atomic E-state index is 0.0780. The van der Waals surface area contributed by atoms with E-state index in [1.807, 2.05) is 41.0 Å². The van der Waals surface area contributed by atoms with Crippen LogP contribution >= 0.6 is 0 Å². The molecule has 0 atom stereocenters. The first-order valence-electron chi connectivity index (χ1n) is 10.5. The van der Waals surface area contributed by atoms with Gasteiger partial charge in [-0.3, -0.25) is 13.9 Å². The summed E-state index contributed by atoms with van der Waals surface area (Å²) in [5.41, 5.74) is 2.56. The molecule has 0 aliphatic carbocycles. The zero-order chi connectivity index (χ0) is 21.2. The average molecular weight is 417 g/mol. The molecular formula is C22H23N7O2. The lowest BCUT2D eigenvalue weighted by Crippen LogP contribution is -2.33. The molecule has 9 heteroatoms. The summed E-state index contributed by atoms with van der Waals surface area (Å²) in [5.74, 6) is 1.29. The van der Waals surface area contributed by atoms with E-state index in [1.54, 1.807) is 17.1 Å². The molecule has 4 aromatic rings. The third kappa shape index (κ3) is 3.86. The van der Waals surface area contributed by atoms with Crippen molar-refractivity contribution in [3.8, 4) is 5.82 Å². The number of para-hydroxylation sites is 2. The Balaban J connectivity index is 1.22. The number of hydrogen-bond donors (Lipinski definition) is 1. The van der Waals surface area contributed by atoms with Crippen molar-refractivity contribution in [2.45, 2.75) is 45.3 Å². The van der Waals surface area contributed by atoms with Gasteiger partial charge in [-0.1, -0.05) is 24.6 Å². The van der Waals surface area contributed by atoms with Crippen molar-refractivity contribution in [3.05, 3.63) is 70.8 Å². The second-order valence-electron chi connectivity index (χ2n) is 7.72. The fourth-order valence-electron chi connectivity index (χ4n) is 3.93. The van der Waals surface area contributed by atoms with Gasteiger partial charge in [0, 0.05) is 25.7 Å². The van der Waals surface area contributed by atoms with Crippen LogP contribution < -0.4 is 11.0 Å². The van der Waals surface area contributed by atoms with E-state index in [2.05, 4.69) is 20.4 Å². The maximum absolute atomic E-state index is 12.5. The van der Waals surface area contributed by atoms with Crippen LogP contribution in [0.25, 0.3) is 16.9 Å². The molecule has 1 N–H and O–H groups in total. The van der Waals surface area contributed by atoms with Gasteiger partial charge in [0.1, 0.15) is 24.5 Å². The van der Waals surface area contributed by atoms with E-state index in [-0.39, 0.29) is 18.1 Å². The molecule has 0 fully saturated rings. The number of benzene rings is 1. The number of fused-ring (bicyclic) bond motifs is 2. The molecule has 1 aliphatic rings. The van der Waals surface area contributed by atoms with E-state index in [1.165, 1.54) is 4.68 Å². The molecule has 0 unspecified atom stereocenters. The van der Waals surface area contributed by atoms with E-state index in [0.717, 1.165) is 53.9 Å². The highest BCUT2D eigenvalue weighted by Crippen LogP contribution is 2.16. The summed E-state index contributed by atoms with van der Waals surface area (Å²) in [6.07, 6.45) is 7.37. The number of nitrogens with one attached hydrogen (secondary N) is 1. The zero-order valence-corrected chi connectivity index (χ0v) is 17.1. The van der Waals surface area contributed by atoms with Gasteiger partial charge in [0.05, 0.1) is 11.0 Å². The number of carbonyl (C=O) groups is 1. The predicted molar refractivity (Wildman–Crippen MR) is 115 cm³/mol. The largest absolute Gasteiger partial charge is 0.350 e. The lowest BCUT2D eigenvalue weighted by molar-refractivity contribution is -0.122. The number of carbonyl (C=O) groups excluding carboxylic acids is 1. The normalized spacial score (nSPS) is 13.7. The van der Waals surface area contributed by atoms with Gasteiger partial charge in [-0.25, -0.2) is 19.4 Å². The molecule has 1 amide bonds. The second-order valence-corrected chi connectivity index (χ2v) is 7.72. The molecule has 0 spiro atoms. The number of amides is 1. The fourth-order valence-corrected chi connectivity index (χ4v) is 3.93. The summed E-state index contributed by atoms with van der Waals surface area (Å²) < 4.78 is 4.89. The number of rotatable bonds is 5. The number of nitrogens with zero attached hydrogens (tertiary/aromatic N) is 6. The monoisotopic (exact) mass is 417 g/mol. The number of hydrogen-bond acceptors (Lipinski definition) is 5. The highest BCUT2D eigenvalue weighted by Gasteiger charge is 2.17. The standard InChI is InChI=1S/C22H23N7O2/c30-21(14-29-22(31)27-11-5-1-2-8-20(27)26-29)24-13-16-9-10-19(23-12-16)28-15-25-17-6-3-4-7-18(17)28/h3-4,6-7,9-10,12,15H,1-2,5,8,11,13-14H2,(H,24,30). The van der Waals surface area contributed by atoms with E-state index < -0.39 is 0 Å². The Labute approximate surface area is 178 Å². The third-order valence-corrected chi connectivity index (χ3v) is 5.57. The van der Waals surface area contributed by atoms with Gasteiger partial charge < -0.3 is 5.32 Å². The lowest BCUT2D eigenvalue weighted by Gasteiger charge is -2.07. The highest BCUT2D eigenvalue weighted by molar-refractivity contribution is 5.77. The maximum Gasteiger partial charge on any atom is 0.346 e. The van der Waals surface area contributed by atoms with Gasteiger partial charge in [0.15, 0.2) is 0 Å². The molecule has 0 saturated heterocycles. The Hall–Kier alpha value is -3.75. The Morgan fingerprint density at radius 3 is 2.84 bits per heavy atom. The zero-order valence-electron chi connectivity index (χ0n) is 17.1. The molecule has 0 radical (unpaired) electrons. The smallest absolute Gasteiger partial charge is 0.346 e. The highest BCUT2D eigenvalue weighted by atomic mass is 16.2. The summed E-state index contributed by atoms with van der Waals surface area (Å²) in [6.45, 7) is 0.935. The van der Waals surface area contributed by atoms with Crippen molar-refractivity contribution >= 4 is 16.9 Å². The molecule has 1 aromatic carbocycles. The van der Waals surface area contributed by atoms with Crippen molar-refractivity contribution in [2.24, 2.45) is 0 Å². The van der Waals surface area contributed by atoms with Gasteiger partial charge in [0.2, 0.25) is 5.91 Å². The number of imidazole rings is 1. The van der Waals surface area contributed by atoms with Gasteiger partial charge in [-0.15, -0.1) is 0 Å². The first-order valence-corrected chi connectivity index (χ1v) is 10.5. The van der Waals surface area contributed by atoms with Crippen LogP contribution in [0.15, 0.2) is 53.7 Å². The molecule has 0 bridgehead atoms. The van der Waals surface area contributed by atoms with Crippen molar-refractivity contribution < 1.29 is 4.79 Å². The van der Waals surface area contributed by atoms with Crippen LogP contribution in [0.3, 0.4) is 0 Å². The quantitative estimate of drug-likeness (QED) is 0.534. The molecule has 31 heavy (non-hydrogen) atoms. The Morgan fingerprint density at radius 1 is 1.06 bits per heavy atom. The van der Waals surface area contributed by atoms with E-state index in [4.69, 9.17) is 0 Å². The molecule has 5 rings (SSSR count). The number of aromatic nitrogens is 6. The van der Waals surface area contributed by atoms with Gasteiger partial charge >= 0.3 is 5.69 Å². The number of aryl methyl sites for hydroxylation is 1. The van der Waals surface area contributed by atoms with Crippen molar-refractivity contribution in [2.75, 3.05) is 0 Å². The van der Waals surface area contributed by atoms with Gasteiger partial charge in [-0.05, 0) is 36.6 Å². The second kappa shape index (κ2) is 8.17. The van der Waals surface area contributed by atoms with E-state index in [0.29, 0.717) is 13.1 Å². The van der Waals surface area contributed by atoms with E-state index >= 15 is 0 Å². The summed E-state index contributed by atoms with van der Waals surface area (Å²) in [6, 6.07) is 11.7. The van der Waals surface area contributed by atoms with Crippen LogP contribution in [-0.2, 0) is 30.8 Å². The molecule has 3 aromatic heterocycles. The summed E-state index contributed by atoms with van der Waals surface area (Å²) in [7, 11) is 0. The van der Waals surface area contributed by atoms with Gasteiger partial charge in [0.25, 0.3) is 0 Å². The first kappa shape index (κ1) is 19.2. The van der Waals surface area contributed by atoms with Crippen molar-refractivity contribution in [1.29, 1.82) is 0 Å². The van der Waals surface area contributed by atoms with Crippen LogP contribution in [0.1, 0.15) is 30.7 Å². The van der Waals surface area contributed by atoms with Crippen LogP contribution in [0.2, 0.25) is 0 Å². The van der Waals surface area contributed by atoms with Crippen LogP contribution in [0.4, 0.5) is 0 Å². The van der Waals surface area contributed by atoms with Crippen LogP contribution in [0, 0.1) is 0 Å². The SMILES string of the molecule is O=C(Cn1nc2n(c1=O)CCCCC2)NCc1ccc(-n2cnc3ccccc32)nc1.